The molecular weight excluding hydrogens is 915 g/mol. The van der Waals surface area contributed by atoms with Crippen molar-refractivity contribution in [2.45, 2.75) is 6.17 Å². The van der Waals surface area contributed by atoms with E-state index in [0.29, 0.717) is 5.84 Å². The van der Waals surface area contributed by atoms with Gasteiger partial charge in [-0.25, -0.2) is 9.98 Å². The quantitative estimate of drug-likeness (QED) is 0.180. The van der Waals surface area contributed by atoms with Gasteiger partial charge in [-0.3, -0.25) is 0 Å². The number of fused-ring (bicyclic) bond motifs is 13. The van der Waals surface area contributed by atoms with Gasteiger partial charge in [0.1, 0.15) is 17.0 Å². The summed E-state index contributed by atoms with van der Waals surface area (Å²) in [4.78, 5) is 11.2. The fraction of sp³-hybridized carbons (Fsp3) is 0.0145. The molecular formula is C69H43N5O. The zero-order chi connectivity index (χ0) is 49.1. The lowest BCUT2D eigenvalue weighted by atomic mass is 9.98. The highest BCUT2D eigenvalue weighted by molar-refractivity contribution is 6.24. The Bertz CT molecular complexity index is 4910. The van der Waals surface area contributed by atoms with Crippen LogP contribution in [0, 0.1) is 0 Å². The summed E-state index contributed by atoms with van der Waals surface area (Å²) >= 11 is 0. The summed E-state index contributed by atoms with van der Waals surface area (Å²) in [7, 11) is 0. The topological polar surface area (TPSA) is 59.8 Å². The average molecular weight is 958 g/mol. The van der Waals surface area contributed by atoms with Crippen LogP contribution in [0.2, 0.25) is 0 Å². The van der Waals surface area contributed by atoms with Crippen molar-refractivity contribution >= 4 is 110 Å². The maximum absolute atomic E-state index is 6.94. The molecule has 0 aliphatic carbocycles. The first-order valence-electron chi connectivity index (χ1n) is 25.6. The van der Waals surface area contributed by atoms with Gasteiger partial charge in [-0.1, -0.05) is 170 Å². The molecule has 0 bridgehead atoms. The van der Waals surface area contributed by atoms with Crippen molar-refractivity contribution < 1.29 is 4.42 Å². The first-order valence-corrected chi connectivity index (χ1v) is 25.6. The molecule has 0 saturated heterocycles. The summed E-state index contributed by atoms with van der Waals surface area (Å²) in [6.07, 6.45) is -0.623. The number of rotatable bonds is 6. The van der Waals surface area contributed by atoms with Crippen LogP contribution in [0.1, 0.15) is 22.9 Å². The highest BCUT2D eigenvalue weighted by atomic mass is 16.3. The van der Waals surface area contributed by atoms with E-state index in [1.807, 2.05) is 0 Å². The van der Waals surface area contributed by atoms with Gasteiger partial charge >= 0.3 is 0 Å². The molecule has 1 atom stereocenters. The van der Waals surface area contributed by atoms with Crippen LogP contribution in [0.25, 0.3) is 120 Å². The van der Waals surface area contributed by atoms with Crippen LogP contribution < -0.4 is 5.32 Å². The lowest BCUT2D eigenvalue weighted by molar-refractivity contribution is 0.661. The van der Waals surface area contributed by atoms with Gasteiger partial charge in [-0.05, 0) is 122 Å². The molecule has 1 unspecified atom stereocenters. The molecule has 0 amide bonds. The first kappa shape index (κ1) is 41.6. The molecule has 6 nitrogen and oxygen atoms in total. The highest BCUT2D eigenvalue weighted by Gasteiger charge is 2.30. The van der Waals surface area contributed by atoms with Crippen molar-refractivity contribution in [1.82, 2.24) is 14.5 Å². The molecule has 6 heteroatoms. The van der Waals surface area contributed by atoms with E-state index in [0.717, 1.165) is 105 Å². The van der Waals surface area contributed by atoms with Crippen LogP contribution in [0.15, 0.2) is 263 Å². The molecule has 4 heterocycles. The van der Waals surface area contributed by atoms with E-state index in [1.165, 1.54) is 37.7 Å². The molecule has 1 aliphatic rings. The second-order valence-electron chi connectivity index (χ2n) is 19.7. The molecule has 15 aromatic rings. The number of para-hydroxylation sites is 2. The summed E-state index contributed by atoms with van der Waals surface area (Å²) in [5, 5.41) is 17.8. The maximum Gasteiger partial charge on any atom is 0.159 e. The van der Waals surface area contributed by atoms with Crippen molar-refractivity contribution in [2.24, 2.45) is 9.98 Å². The fourth-order valence-electron chi connectivity index (χ4n) is 12.1. The van der Waals surface area contributed by atoms with Gasteiger partial charge in [0.15, 0.2) is 12.0 Å². The number of aromatic nitrogens is 2. The second kappa shape index (κ2) is 16.2. The summed E-state index contributed by atoms with van der Waals surface area (Å²) < 4.78 is 11.8. The molecule has 3 aromatic heterocycles. The number of nitrogens with one attached hydrogen (secondary N) is 1. The summed E-state index contributed by atoms with van der Waals surface area (Å²) in [5.74, 6) is 1.37. The third-order valence-corrected chi connectivity index (χ3v) is 15.5. The SMILES string of the molecule is c1ccc(-c2ccc(C3=NC(c4c(-n5c6cc7ccccc7cc6c6c7ccccc7ccc65)ccc5oc6cc7ccccc7cc6c45)NC(c4ccc5c(c4)c4ccccc4n5-c4ccccc4)=N3)cc2)cc1. The Kier molecular flexibility index (Phi) is 9.00. The van der Waals surface area contributed by atoms with Gasteiger partial charge in [0, 0.05) is 54.7 Å². The van der Waals surface area contributed by atoms with E-state index >= 15 is 0 Å². The van der Waals surface area contributed by atoms with E-state index in [1.54, 1.807) is 0 Å². The van der Waals surface area contributed by atoms with Crippen molar-refractivity contribution in [3.63, 3.8) is 0 Å². The zero-order valence-corrected chi connectivity index (χ0v) is 40.4. The Morgan fingerprint density at radius 2 is 0.960 bits per heavy atom. The number of nitrogens with zero attached hydrogens (tertiary/aromatic N) is 4. The largest absolute Gasteiger partial charge is 0.456 e. The molecule has 16 rings (SSSR count). The molecule has 350 valence electrons. The van der Waals surface area contributed by atoms with Crippen LogP contribution in [0.5, 0.6) is 0 Å². The third kappa shape index (κ3) is 6.46. The summed E-state index contributed by atoms with van der Waals surface area (Å²) in [5.41, 5.74) is 13.4. The van der Waals surface area contributed by atoms with Crippen LogP contribution in [0.4, 0.5) is 0 Å². The minimum absolute atomic E-state index is 0.623. The van der Waals surface area contributed by atoms with Gasteiger partial charge in [0.05, 0.1) is 27.8 Å². The monoisotopic (exact) mass is 957 g/mol. The minimum Gasteiger partial charge on any atom is -0.456 e. The van der Waals surface area contributed by atoms with Crippen molar-refractivity contribution in [1.29, 1.82) is 0 Å². The fourth-order valence-corrected chi connectivity index (χ4v) is 12.1. The Morgan fingerprint density at radius 3 is 1.75 bits per heavy atom. The predicted molar refractivity (Wildman–Crippen MR) is 312 cm³/mol. The Balaban J connectivity index is 0.985. The molecule has 0 spiro atoms. The van der Waals surface area contributed by atoms with Crippen molar-refractivity contribution in [2.75, 3.05) is 0 Å². The molecule has 75 heavy (non-hydrogen) atoms. The molecule has 1 N–H and O–H groups in total. The Morgan fingerprint density at radius 1 is 0.360 bits per heavy atom. The van der Waals surface area contributed by atoms with Crippen LogP contribution in [-0.4, -0.2) is 20.8 Å². The van der Waals surface area contributed by atoms with Crippen molar-refractivity contribution in [3.05, 3.63) is 265 Å². The molecule has 12 aromatic carbocycles. The van der Waals surface area contributed by atoms with Crippen LogP contribution >= 0.6 is 0 Å². The van der Waals surface area contributed by atoms with E-state index in [-0.39, 0.29) is 0 Å². The lowest BCUT2D eigenvalue weighted by Gasteiger charge is -2.27. The number of hydrogen-bond donors (Lipinski definition) is 1. The third-order valence-electron chi connectivity index (χ3n) is 15.5. The lowest BCUT2D eigenvalue weighted by Crippen LogP contribution is -2.34. The molecule has 0 radical (unpaired) electrons. The number of furan rings is 1. The van der Waals surface area contributed by atoms with Crippen LogP contribution in [-0.2, 0) is 0 Å². The number of amidine groups is 2. The Hall–Kier alpha value is -10.0. The smallest absolute Gasteiger partial charge is 0.159 e. The first-order chi connectivity index (χ1) is 37.2. The van der Waals surface area contributed by atoms with Gasteiger partial charge in [-0.15, -0.1) is 0 Å². The number of hydrogen-bond acceptors (Lipinski definition) is 4. The molecule has 0 saturated carbocycles. The summed E-state index contributed by atoms with van der Waals surface area (Å²) in [6.45, 7) is 0. The van der Waals surface area contributed by atoms with E-state index in [9.17, 15) is 0 Å². The predicted octanol–water partition coefficient (Wildman–Crippen LogP) is 17.4. The molecule has 0 fully saturated rings. The standard InChI is InChI=1S/C69H43N5O/c1-3-15-42(16-4-1)43-27-29-45(30-28-43)67-70-68(50-32-33-58-54(39-50)53-25-13-14-26-57(53)73(58)51-22-5-2-6-23-51)72-69(71-67)66-60(35-36-62-65(66)56-38-47-19-8-10-21-49(47)41-63(56)75-62)74-59-34-31-44-17-11-12-24-52(44)64(59)55-37-46-18-7-9-20-48(46)40-61(55)74/h1-41,69H,(H,70,71,72). The number of benzene rings is 12. The molecule has 1 aliphatic heterocycles. The minimum atomic E-state index is -0.623. The normalized spacial score (nSPS) is 14.0. The van der Waals surface area contributed by atoms with Crippen molar-refractivity contribution in [3.8, 4) is 22.5 Å². The van der Waals surface area contributed by atoms with Gasteiger partial charge in [0.25, 0.3) is 0 Å². The van der Waals surface area contributed by atoms with E-state index in [4.69, 9.17) is 14.4 Å². The van der Waals surface area contributed by atoms with Crippen LogP contribution in [0.3, 0.4) is 0 Å². The zero-order valence-electron chi connectivity index (χ0n) is 40.4. The Labute approximate surface area is 430 Å². The summed E-state index contributed by atoms with van der Waals surface area (Å²) in [6, 6.07) is 89.3. The highest BCUT2D eigenvalue weighted by Crippen LogP contribution is 2.45. The number of aliphatic imine (C=N–C) groups is 2. The van der Waals surface area contributed by atoms with Gasteiger partial charge in [0.2, 0.25) is 0 Å². The maximum atomic E-state index is 6.94. The average Bonchev–Trinajstić information content (AvgIpc) is 4.15. The van der Waals surface area contributed by atoms with E-state index < -0.39 is 6.17 Å². The van der Waals surface area contributed by atoms with Gasteiger partial charge < -0.3 is 18.9 Å². The van der Waals surface area contributed by atoms with E-state index in [2.05, 4.69) is 263 Å². The second-order valence-corrected chi connectivity index (χ2v) is 19.7. The van der Waals surface area contributed by atoms with Gasteiger partial charge in [-0.2, -0.15) is 0 Å².